The van der Waals surface area contributed by atoms with Crippen LogP contribution in [0.5, 0.6) is 5.75 Å². The van der Waals surface area contributed by atoms with Gasteiger partial charge in [-0.05, 0) is 55.5 Å². The predicted octanol–water partition coefficient (Wildman–Crippen LogP) is 5.76. The first kappa shape index (κ1) is 23.9. The van der Waals surface area contributed by atoms with E-state index in [4.69, 9.17) is 21.2 Å². The standard InChI is InChI=1S/C27H25ClFNO4/c28-22-12-7-13-23(29)24(22)27(26(32)34-21-10-5-2-6-11-21)16-14-20(15-17-27)25(31)30-33-18-19-8-3-1-4-9-19/h1-13,20H,14-18H2,(H,30,31). The summed E-state index contributed by atoms with van der Waals surface area (Å²) in [6, 6.07) is 22.5. The SMILES string of the molecule is O=C(NOCc1ccccc1)C1CCC(C(=O)Oc2ccccc2)(c2c(F)cccc2Cl)CC1. The van der Waals surface area contributed by atoms with Gasteiger partial charge in [-0.25, -0.2) is 9.87 Å². The Labute approximate surface area is 202 Å². The molecule has 1 N–H and O–H groups in total. The predicted molar refractivity (Wildman–Crippen MR) is 126 cm³/mol. The molecule has 34 heavy (non-hydrogen) atoms. The molecule has 1 saturated carbocycles. The zero-order chi connectivity index (χ0) is 24.0. The van der Waals surface area contributed by atoms with Gasteiger partial charge in [-0.1, -0.05) is 66.2 Å². The number of rotatable bonds is 7. The fourth-order valence-electron chi connectivity index (χ4n) is 4.43. The van der Waals surface area contributed by atoms with Crippen LogP contribution in [-0.2, 0) is 26.4 Å². The van der Waals surface area contributed by atoms with Gasteiger partial charge >= 0.3 is 5.97 Å². The molecule has 0 bridgehead atoms. The molecule has 0 heterocycles. The van der Waals surface area contributed by atoms with Crippen LogP contribution in [-0.4, -0.2) is 11.9 Å². The van der Waals surface area contributed by atoms with Crippen molar-refractivity contribution in [3.05, 3.63) is 101 Å². The average molecular weight is 482 g/mol. The number of para-hydroxylation sites is 1. The van der Waals surface area contributed by atoms with E-state index >= 15 is 0 Å². The van der Waals surface area contributed by atoms with Gasteiger partial charge < -0.3 is 4.74 Å². The second-order valence-electron chi connectivity index (χ2n) is 8.40. The fraction of sp³-hybridized carbons (Fsp3) is 0.259. The smallest absolute Gasteiger partial charge is 0.322 e. The molecule has 0 unspecified atom stereocenters. The number of hydroxylamine groups is 1. The summed E-state index contributed by atoms with van der Waals surface area (Å²) in [6.45, 7) is 0.247. The van der Waals surface area contributed by atoms with Crippen molar-refractivity contribution in [1.82, 2.24) is 5.48 Å². The largest absolute Gasteiger partial charge is 0.426 e. The maximum absolute atomic E-state index is 15.0. The van der Waals surface area contributed by atoms with Gasteiger partial charge in [-0.2, -0.15) is 0 Å². The van der Waals surface area contributed by atoms with Crippen LogP contribution in [0.25, 0.3) is 0 Å². The highest BCUT2D eigenvalue weighted by Gasteiger charge is 2.48. The molecule has 4 rings (SSSR count). The number of benzene rings is 3. The van der Waals surface area contributed by atoms with Crippen LogP contribution >= 0.6 is 11.6 Å². The Kier molecular flexibility index (Phi) is 7.60. The van der Waals surface area contributed by atoms with Gasteiger partial charge in [-0.3, -0.25) is 14.4 Å². The number of nitrogens with one attached hydrogen (secondary N) is 1. The highest BCUT2D eigenvalue weighted by atomic mass is 35.5. The summed E-state index contributed by atoms with van der Waals surface area (Å²) in [5.41, 5.74) is 2.27. The van der Waals surface area contributed by atoms with Gasteiger partial charge in [0, 0.05) is 16.5 Å². The minimum atomic E-state index is -1.29. The Morgan fingerprint density at radius 1 is 0.941 bits per heavy atom. The molecule has 7 heteroatoms. The highest BCUT2D eigenvalue weighted by molar-refractivity contribution is 6.31. The van der Waals surface area contributed by atoms with Crippen molar-refractivity contribution in [2.75, 3.05) is 0 Å². The van der Waals surface area contributed by atoms with Crippen LogP contribution < -0.4 is 10.2 Å². The van der Waals surface area contributed by atoms with E-state index in [9.17, 15) is 14.0 Å². The highest BCUT2D eigenvalue weighted by Crippen LogP contribution is 2.46. The van der Waals surface area contributed by atoms with Crippen LogP contribution in [0.3, 0.4) is 0 Å². The van der Waals surface area contributed by atoms with Gasteiger partial charge in [0.15, 0.2) is 0 Å². The number of amides is 1. The molecule has 5 nitrogen and oxygen atoms in total. The molecule has 0 spiro atoms. The van der Waals surface area contributed by atoms with Gasteiger partial charge in [0.25, 0.3) is 0 Å². The van der Waals surface area contributed by atoms with Gasteiger partial charge in [-0.15, -0.1) is 0 Å². The third kappa shape index (κ3) is 5.29. The van der Waals surface area contributed by atoms with Gasteiger partial charge in [0.2, 0.25) is 5.91 Å². The van der Waals surface area contributed by atoms with Crippen LogP contribution in [0.1, 0.15) is 36.8 Å². The van der Waals surface area contributed by atoms with E-state index in [-0.39, 0.29) is 41.9 Å². The van der Waals surface area contributed by atoms with Crippen molar-refractivity contribution in [3.8, 4) is 5.75 Å². The molecule has 1 amide bonds. The van der Waals surface area contributed by atoms with Crippen molar-refractivity contribution < 1.29 is 23.6 Å². The number of hydrogen-bond donors (Lipinski definition) is 1. The summed E-state index contributed by atoms with van der Waals surface area (Å²) in [5.74, 6) is -1.41. The van der Waals surface area contributed by atoms with Crippen LogP contribution in [0.4, 0.5) is 4.39 Å². The topological polar surface area (TPSA) is 64.6 Å². The van der Waals surface area contributed by atoms with Gasteiger partial charge in [0.05, 0.1) is 12.0 Å². The summed E-state index contributed by atoms with van der Waals surface area (Å²) < 4.78 is 20.6. The number of ether oxygens (including phenoxy) is 1. The Morgan fingerprint density at radius 3 is 2.24 bits per heavy atom. The monoisotopic (exact) mass is 481 g/mol. The van der Waals surface area contributed by atoms with Crippen molar-refractivity contribution in [1.29, 1.82) is 0 Å². The number of halogens is 2. The lowest BCUT2D eigenvalue weighted by molar-refractivity contribution is -0.147. The number of hydrogen-bond acceptors (Lipinski definition) is 4. The van der Waals surface area contributed by atoms with E-state index in [2.05, 4.69) is 5.48 Å². The first-order valence-electron chi connectivity index (χ1n) is 11.2. The van der Waals surface area contributed by atoms with E-state index in [0.29, 0.717) is 18.6 Å². The van der Waals surface area contributed by atoms with E-state index in [1.165, 1.54) is 12.1 Å². The molecule has 0 radical (unpaired) electrons. The van der Waals surface area contributed by atoms with Gasteiger partial charge in [0.1, 0.15) is 11.6 Å². The Balaban J connectivity index is 1.48. The zero-order valence-corrected chi connectivity index (χ0v) is 19.3. The lowest BCUT2D eigenvalue weighted by atomic mass is 9.66. The van der Waals surface area contributed by atoms with Crippen LogP contribution in [0, 0.1) is 11.7 Å². The van der Waals surface area contributed by atoms with Crippen molar-refractivity contribution in [2.45, 2.75) is 37.7 Å². The van der Waals surface area contributed by atoms with Crippen molar-refractivity contribution in [3.63, 3.8) is 0 Å². The third-order valence-electron chi connectivity index (χ3n) is 6.25. The summed E-state index contributed by atoms with van der Waals surface area (Å²) in [7, 11) is 0. The number of carbonyl (C=O) groups is 2. The molecule has 1 aliphatic carbocycles. The summed E-state index contributed by atoms with van der Waals surface area (Å²) >= 11 is 6.38. The molecule has 1 fully saturated rings. The molecule has 0 aliphatic heterocycles. The molecule has 3 aromatic rings. The Morgan fingerprint density at radius 2 is 1.59 bits per heavy atom. The van der Waals surface area contributed by atoms with Crippen molar-refractivity contribution in [2.24, 2.45) is 5.92 Å². The molecular weight excluding hydrogens is 457 g/mol. The normalized spacial score (nSPS) is 19.9. The maximum Gasteiger partial charge on any atom is 0.322 e. The van der Waals surface area contributed by atoms with Crippen LogP contribution in [0.15, 0.2) is 78.9 Å². The zero-order valence-electron chi connectivity index (χ0n) is 18.5. The number of esters is 1. The van der Waals surface area contributed by atoms with Crippen molar-refractivity contribution >= 4 is 23.5 Å². The van der Waals surface area contributed by atoms with E-state index in [0.717, 1.165) is 5.56 Å². The minimum Gasteiger partial charge on any atom is -0.426 e. The lowest BCUT2D eigenvalue weighted by Gasteiger charge is -2.38. The molecule has 0 atom stereocenters. The second-order valence-corrected chi connectivity index (χ2v) is 8.80. The summed E-state index contributed by atoms with van der Waals surface area (Å²) in [4.78, 5) is 31.5. The second kappa shape index (κ2) is 10.8. The Hall–Kier alpha value is -3.22. The molecular formula is C27H25ClFNO4. The molecule has 3 aromatic carbocycles. The summed E-state index contributed by atoms with van der Waals surface area (Å²) in [5, 5.41) is 0.166. The molecule has 1 aliphatic rings. The van der Waals surface area contributed by atoms with E-state index in [1.807, 2.05) is 36.4 Å². The number of carbonyl (C=O) groups excluding carboxylic acids is 2. The molecule has 0 saturated heterocycles. The van der Waals surface area contributed by atoms with E-state index in [1.54, 1.807) is 30.3 Å². The maximum atomic E-state index is 15.0. The van der Waals surface area contributed by atoms with E-state index < -0.39 is 17.2 Å². The first-order valence-corrected chi connectivity index (χ1v) is 11.5. The average Bonchev–Trinajstić information content (AvgIpc) is 2.85. The summed E-state index contributed by atoms with van der Waals surface area (Å²) in [6.07, 6.45) is 1.15. The molecule has 0 aromatic heterocycles. The molecule has 176 valence electrons. The fourth-order valence-corrected chi connectivity index (χ4v) is 4.77. The lowest BCUT2D eigenvalue weighted by Crippen LogP contribution is -2.45. The quantitative estimate of drug-likeness (QED) is 0.265. The van der Waals surface area contributed by atoms with Crippen LogP contribution in [0.2, 0.25) is 5.02 Å². The third-order valence-corrected chi connectivity index (χ3v) is 6.57. The minimum absolute atomic E-state index is 0.122. The Bertz CT molecular complexity index is 1110. The first-order chi connectivity index (χ1) is 16.5.